The topological polar surface area (TPSA) is 100 Å². The van der Waals surface area contributed by atoms with Crippen molar-refractivity contribution < 1.29 is 0 Å². The van der Waals surface area contributed by atoms with E-state index >= 15 is 0 Å². The smallest absolute Gasteiger partial charge is 0.0205 e. The quantitative estimate of drug-likeness (QED) is 0.140. The van der Waals surface area contributed by atoms with Gasteiger partial charge in [-0.05, 0) is 119 Å². The molecule has 0 atom stereocenters. The molecular weight excluding hydrogens is 384 g/mol. The van der Waals surface area contributed by atoms with E-state index in [1.54, 1.807) is 0 Å². The summed E-state index contributed by atoms with van der Waals surface area (Å²) in [5.41, 5.74) is 15.9. The third-order valence-electron chi connectivity index (χ3n) is 4.98. The van der Waals surface area contributed by atoms with Crippen LogP contribution in [0.25, 0.3) is 5.57 Å². The molecule has 0 spiro atoms. The Morgan fingerprint density at radius 2 is 1.19 bits per heavy atom. The molecule has 0 unspecified atom stereocenters. The van der Waals surface area contributed by atoms with Gasteiger partial charge in [0, 0.05) is 13.1 Å². The molecule has 0 heterocycles. The van der Waals surface area contributed by atoms with Crippen LogP contribution in [0.2, 0.25) is 0 Å². The molecule has 0 saturated heterocycles. The Kier molecular flexibility index (Phi) is 17.0. The van der Waals surface area contributed by atoms with Gasteiger partial charge in [-0.1, -0.05) is 24.8 Å². The average Bonchev–Trinajstić information content (AvgIpc) is 2.77. The molecule has 176 valence electrons. The van der Waals surface area contributed by atoms with Crippen LogP contribution in [0.3, 0.4) is 0 Å². The zero-order valence-electron chi connectivity index (χ0n) is 19.6. The van der Waals surface area contributed by atoms with Gasteiger partial charge in [0.1, 0.15) is 0 Å². The minimum atomic E-state index is 0.753. The predicted molar refractivity (Wildman–Crippen MR) is 136 cm³/mol. The lowest BCUT2D eigenvalue weighted by Gasteiger charge is -2.12. The SMILES string of the molecule is C=C(/C=C\C)c1cc(CNCCCNCCCN)cc(CNCCCNCCCN)c1. The summed E-state index contributed by atoms with van der Waals surface area (Å²) in [7, 11) is 0. The highest BCUT2D eigenvalue weighted by Crippen LogP contribution is 2.19. The van der Waals surface area contributed by atoms with Crippen LogP contribution in [0.1, 0.15) is 49.3 Å². The monoisotopic (exact) mass is 430 g/mol. The summed E-state index contributed by atoms with van der Waals surface area (Å²) in [6.07, 6.45) is 8.42. The van der Waals surface area contributed by atoms with Crippen molar-refractivity contribution in [3.8, 4) is 0 Å². The normalized spacial score (nSPS) is 11.5. The second-order valence-electron chi connectivity index (χ2n) is 7.91. The standard InChI is InChI=1S/C25H46N6/c1-3-8-22(2)25-18-23(20-30-15-6-13-28-11-4-9-26)17-24(19-25)21-31-16-7-14-29-12-5-10-27/h3,8,17-19,28-31H,2,4-7,9-16,20-21,26-27H2,1H3/b8-3-. The van der Waals surface area contributed by atoms with Crippen LogP contribution in [0.5, 0.6) is 0 Å². The van der Waals surface area contributed by atoms with Crippen molar-refractivity contribution in [2.75, 3.05) is 52.4 Å². The van der Waals surface area contributed by atoms with Crippen LogP contribution in [0.4, 0.5) is 0 Å². The molecule has 1 aromatic carbocycles. The fraction of sp³-hybridized carbons (Fsp3) is 0.600. The Bertz CT molecular complexity index is 576. The molecule has 0 aliphatic carbocycles. The Labute approximate surface area is 190 Å². The second kappa shape index (κ2) is 19.2. The van der Waals surface area contributed by atoms with Crippen molar-refractivity contribution in [1.82, 2.24) is 21.3 Å². The molecule has 0 saturated carbocycles. The summed E-state index contributed by atoms with van der Waals surface area (Å²) in [4.78, 5) is 0. The average molecular weight is 431 g/mol. The molecule has 0 bridgehead atoms. The van der Waals surface area contributed by atoms with Crippen molar-refractivity contribution in [1.29, 1.82) is 0 Å². The van der Waals surface area contributed by atoms with E-state index < -0.39 is 0 Å². The second-order valence-corrected chi connectivity index (χ2v) is 7.91. The van der Waals surface area contributed by atoms with Gasteiger partial charge >= 0.3 is 0 Å². The molecule has 0 fully saturated rings. The highest BCUT2D eigenvalue weighted by molar-refractivity contribution is 5.72. The van der Waals surface area contributed by atoms with Crippen molar-refractivity contribution in [3.05, 3.63) is 53.6 Å². The molecule has 0 radical (unpaired) electrons. The fourth-order valence-corrected chi connectivity index (χ4v) is 3.30. The maximum Gasteiger partial charge on any atom is 0.0205 e. The minimum Gasteiger partial charge on any atom is -0.330 e. The van der Waals surface area contributed by atoms with E-state index in [0.717, 1.165) is 96.7 Å². The van der Waals surface area contributed by atoms with Gasteiger partial charge in [0.15, 0.2) is 0 Å². The molecule has 31 heavy (non-hydrogen) atoms. The molecular formula is C25H46N6. The van der Waals surface area contributed by atoms with E-state index in [2.05, 4.69) is 52.1 Å². The molecule has 0 aliphatic rings. The van der Waals surface area contributed by atoms with Gasteiger partial charge in [-0.25, -0.2) is 0 Å². The summed E-state index contributed by atoms with van der Waals surface area (Å²) >= 11 is 0. The van der Waals surface area contributed by atoms with Gasteiger partial charge in [-0.15, -0.1) is 0 Å². The number of hydrogen-bond donors (Lipinski definition) is 6. The van der Waals surface area contributed by atoms with Crippen LogP contribution < -0.4 is 32.7 Å². The van der Waals surface area contributed by atoms with E-state index in [4.69, 9.17) is 11.5 Å². The first-order chi connectivity index (χ1) is 15.2. The van der Waals surface area contributed by atoms with Gasteiger partial charge in [-0.3, -0.25) is 0 Å². The summed E-state index contributed by atoms with van der Waals surface area (Å²) in [6.45, 7) is 15.6. The van der Waals surface area contributed by atoms with E-state index in [1.165, 1.54) is 16.7 Å². The van der Waals surface area contributed by atoms with E-state index in [1.807, 2.05) is 13.0 Å². The Hall–Kier alpha value is -1.54. The number of hydrogen-bond acceptors (Lipinski definition) is 6. The van der Waals surface area contributed by atoms with Crippen molar-refractivity contribution in [3.63, 3.8) is 0 Å². The third kappa shape index (κ3) is 14.2. The van der Waals surface area contributed by atoms with Crippen LogP contribution >= 0.6 is 0 Å². The van der Waals surface area contributed by atoms with Gasteiger partial charge in [0.2, 0.25) is 0 Å². The van der Waals surface area contributed by atoms with Crippen LogP contribution in [-0.4, -0.2) is 52.4 Å². The summed E-state index contributed by atoms with van der Waals surface area (Å²) in [5, 5.41) is 14.0. The van der Waals surface area contributed by atoms with Crippen molar-refractivity contribution in [2.24, 2.45) is 11.5 Å². The number of rotatable bonds is 20. The molecule has 0 amide bonds. The molecule has 6 nitrogen and oxygen atoms in total. The van der Waals surface area contributed by atoms with Gasteiger partial charge in [0.05, 0.1) is 0 Å². The van der Waals surface area contributed by atoms with Gasteiger partial charge < -0.3 is 32.7 Å². The Morgan fingerprint density at radius 1 is 0.742 bits per heavy atom. The van der Waals surface area contributed by atoms with Crippen molar-refractivity contribution in [2.45, 2.75) is 45.7 Å². The molecule has 0 aliphatic heterocycles. The van der Waals surface area contributed by atoms with Crippen molar-refractivity contribution >= 4 is 5.57 Å². The molecule has 1 rings (SSSR count). The first-order valence-electron chi connectivity index (χ1n) is 11.9. The largest absolute Gasteiger partial charge is 0.330 e. The predicted octanol–water partition coefficient (Wildman–Crippen LogP) is 2.11. The van der Waals surface area contributed by atoms with E-state index in [0.29, 0.717) is 0 Å². The minimum absolute atomic E-state index is 0.753. The maximum atomic E-state index is 5.51. The van der Waals surface area contributed by atoms with Crippen LogP contribution in [-0.2, 0) is 13.1 Å². The lowest BCUT2D eigenvalue weighted by atomic mass is 10.00. The lowest BCUT2D eigenvalue weighted by Crippen LogP contribution is -2.24. The fourth-order valence-electron chi connectivity index (χ4n) is 3.30. The first kappa shape index (κ1) is 27.5. The lowest BCUT2D eigenvalue weighted by molar-refractivity contribution is 0.583. The summed E-state index contributed by atoms with van der Waals surface area (Å²) < 4.78 is 0. The van der Waals surface area contributed by atoms with Crippen LogP contribution in [0, 0.1) is 0 Å². The number of nitrogens with one attached hydrogen (secondary N) is 4. The summed E-state index contributed by atoms with van der Waals surface area (Å²) in [6, 6.07) is 6.80. The number of allylic oxidation sites excluding steroid dienone is 3. The Balaban J connectivity index is 2.46. The zero-order chi connectivity index (χ0) is 22.6. The molecule has 1 aromatic rings. The molecule has 6 heteroatoms. The molecule has 0 aromatic heterocycles. The summed E-state index contributed by atoms with van der Waals surface area (Å²) in [5.74, 6) is 0. The van der Waals surface area contributed by atoms with E-state index in [9.17, 15) is 0 Å². The first-order valence-corrected chi connectivity index (χ1v) is 11.9. The van der Waals surface area contributed by atoms with Gasteiger partial charge in [-0.2, -0.15) is 0 Å². The zero-order valence-corrected chi connectivity index (χ0v) is 19.6. The van der Waals surface area contributed by atoms with Gasteiger partial charge in [0.25, 0.3) is 0 Å². The highest BCUT2D eigenvalue weighted by Gasteiger charge is 2.04. The maximum absolute atomic E-state index is 5.51. The Morgan fingerprint density at radius 3 is 1.65 bits per heavy atom. The number of nitrogens with two attached hydrogens (primary N) is 2. The third-order valence-corrected chi connectivity index (χ3v) is 4.98. The highest BCUT2D eigenvalue weighted by atomic mass is 14.9. The molecule has 8 N–H and O–H groups in total. The van der Waals surface area contributed by atoms with E-state index in [-0.39, 0.29) is 0 Å². The number of benzene rings is 1. The van der Waals surface area contributed by atoms with Crippen LogP contribution in [0.15, 0.2) is 36.9 Å².